The maximum Gasteiger partial charge on any atom is 0.228 e. The zero-order valence-corrected chi connectivity index (χ0v) is 18.0. The van der Waals surface area contributed by atoms with Crippen molar-refractivity contribution in [2.75, 3.05) is 11.1 Å². The fourth-order valence-electron chi connectivity index (χ4n) is 3.10. The third kappa shape index (κ3) is 4.42. The van der Waals surface area contributed by atoms with Crippen LogP contribution >= 0.6 is 11.3 Å². The minimum atomic E-state index is -3.24. The average Bonchev–Trinajstić information content (AvgIpc) is 3.19. The Kier molecular flexibility index (Phi) is 5.65. The molecule has 0 saturated carbocycles. The number of rotatable bonds is 6. The van der Waals surface area contributed by atoms with Gasteiger partial charge in [0.2, 0.25) is 5.91 Å². The van der Waals surface area contributed by atoms with Gasteiger partial charge in [-0.3, -0.25) is 4.79 Å². The summed E-state index contributed by atoms with van der Waals surface area (Å²) in [5, 5.41) is 3.81. The van der Waals surface area contributed by atoms with Gasteiger partial charge < -0.3 is 5.32 Å². The number of nitrogens with one attached hydrogen (secondary N) is 1. The summed E-state index contributed by atoms with van der Waals surface area (Å²) in [7, 11) is -3.24. The highest BCUT2D eigenvalue weighted by Gasteiger charge is 2.12. The van der Waals surface area contributed by atoms with Gasteiger partial charge in [-0.05, 0) is 42.0 Å². The Morgan fingerprint density at radius 2 is 1.77 bits per heavy atom. The molecule has 5 nitrogen and oxygen atoms in total. The van der Waals surface area contributed by atoms with Gasteiger partial charge >= 0.3 is 0 Å². The molecule has 0 fully saturated rings. The van der Waals surface area contributed by atoms with E-state index < -0.39 is 9.84 Å². The Bertz CT molecular complexity index is 1280. The number of benzene rings is 3. The van der Waals surface area contributed by atoms with E-state index >= 15 is 0 Å². The molecule has 0 bridgehead atoms. The van der Waals surface area contributed by atoms with Crippen LogP contribution in [0.1, 0.15) is 12.5 Å². The maximum absolute atomic E-state index is 12.5. The molecule has 0 saturated heterocycles. The summed E-state index contributed by atoms with van der Waals surface area (Å²) < 4.78 is 24.9. The highest BCUT2D eigenvalue weighted by molar-refractivity contribution is 7.91. The molecule has 0 aliphatic carbocycles. The van der Waals surface area contributed by atoms with Crippen molar-refractivity contribution < 1.29 is 13.2 Å². The topological polar surface area (TPSA) is 76.1 Å². The van der Waals surface area contributed by atoms with Crippen molar-refractivity contribution in [2.45, 2.75) is 18.2 Å². The number of para-hydroxylation sites is 1. The van der Waals surface area contributed by atoms with Crippen LogP contribution < -0.4 is 5.32 Å². The Morgan fingerprint density at radius 3 is 2.50 bits per heavy atom. The number of sulfone groups is 1. The van der Waals surface area contributed by atoms with Gasteiger partial charge in [0.15, 0.2) is 9.84 Å². The second-order valence-electron chi connectivity index (χ2n) is 6.84. The van der Waals surface area contributed by atoms with Crippen molar-refractivity contribution in [2.24, 2.45) is 0 Å². The smallest absolute Gasteiger partial charge is 0.228 e. The summed E-state index contributed by atoms with van der Waals surface area (Å²) in [6.45, 7) is 1.61. The zero-order valence-electron chi connectivity index (χ0n) is 16.3. The molecule has 1 amide bonds. The number of nitrogens with zero attached hydrogens (tertiary/aromatic N) is 1. The van der Waals surface area contributed by atoms with Gasteiger partial charge in [0, 0.05) is 11.3 Å². The van der Waals surface area contributed by atoms with Crippen LogP contribution in [0, 0.1) is 0 Å². The SMILES string of the molecule is CCS(=O)(=O)c1ccc(CC(=O)Nc2cccc(-c3nc4ccccc4s3)c2)cc1. The van der Waals surface area contributed by atoms with Gasteiger partial charge in [-0.2, -0.15) is 0 Å². The first-order chi connectivity index (χ1) is 14.4. The standard InChI is InChI=1S/C23H20N2O3S2/c1-2-30(27,28)19-12-10-16(11-13-19)14-22(26)24-18-7-5-6-17(15-18)23-25-20-8-3-4-9-21(20)29-23/h3-13,15H,2,14H2,1H3,(H,24,26). The summed E-state index contributed by atoms with van der Waals surface area (Å²) >= 11 is 1.61. The van der Waals surface area contributed by atoms with E-state index in [-0.39, 0.29) is 23.0 Å². The molecule has 1 N–H and O–H groups in total. The molecule has 0 aliphatic heterocycles. The van der Waals surface area contributed by atoms with Crippen molar-refractivity contribution in [3.8, 4) is 10.6 Å². The average molecular weight is 437 g/mol. The van der Waals surface area contributed by atoms with E-state index in [0.717, 1.165) is 26.4 Å². The number of carbonyl (C=O) groups is 1. The predicted octanol–water partition coefficient (Wildman–Crippen LogP) is 4.94. The molecule has 0 radical (unpaired) electrons. The van der Waals surface area contributed by atoms with E-state index in [1.54, 1.807) is 42.5 Å². The molecule has 152 valence electrons. The van der Waals surface area contributed by atoms with Gasteiger partial charge in [-0.15, -0.1) is 11.3 Å². The van der Waals surface area contributed by atoms with Crippen molar-refractivity contribution in [1.82, 2.24) is 4.98 Å². The molecule has 1 heterocycles. The lowest BCUT2D eigenvalue weighted by Gasteiger charge is -2.07. The van der Waals surface area contributed by atoms with Crippen molar-refractivity contribution in [3.63, 3.8) is 0 Å². The van der Waals surface area contributed by atoms with Crippen LogP contribution in [-0.2, 0) is 21.1 Å². The second kappa shape index (κ2) is 8.38. The highest BCUT2D eigenvalue weighted by Crippen LogP contribution is 2.31. The number of carbonyl (C=O) groups excluding carboxylic acids is 1. The van der Waals surface area contributed by atoms with E-state index in [0.29, 0.717) is 5.69 Å². The Morgan fingerprint density at radius 1 is 1.00 bits per heavy atom. The van der Waals surface area contributed by atoms with E-state index in [2.05, 4.69) is 10.3 Å². The van der Waals surface area contributed by atoms with Gasteiger partial charge in [0.05, 0.1) is 27.3 Å². The minimum Gasteiger partial charge on any atom is -0.326 e. The lowest BCUT2D eigenvalue weighted by molar-refractivity contribution is -0.115. The van der Waals surface area contributed by atoms with Gasteiger partial charge in [0.25, 0.3) is 0 Å². The van der Waals surface area contributed by atoms with E-state index in [9.17, 15) is 13.2 Å². The first-order valence-electron chi connectivity index (χ1n) is 9.52. The lowest BCUT2D eigenvalue weighted by Crippen LogP contribution is -2.14. The predicted molar refractivity (Wildman–Crippen MR) is 122 cm³/mol. The van der Waals surface area contributed by atoms with Crippen LogP contribution in [0.4, 0.5) is 5.69 Å². The van der Waals surface area contributed by atoms with Crippen LogP contribution in [0.3, 0.4) is 0 Å². The highest BCUT2D eigenvalue weighted by atomic mass is 32.2. The molecule has 4 aromatic rings. The first-order valence-corrected chi connectivity index (χ1v) is 12.0. The summed E-state index contributed by atoms with van der Waals surface area (Å²) in [6, 6.07) is 22.1. The fraction of sp³-hybridized carbons (Fsp3) is 0.130. The summed E-state index contributed by atoms with van der Waals surface area (Å²) in [5.74, 6) is -0.111. The van der Waals surface area contributed by atoms with Crippen molar-refractivity contribution in [3.05, 3.63) is 78.4 Å². The molecule has 0 spiro atoms. The number of anilines is 1. The van der Waals surface area contributed by atoms with Gasteiger partial charge in [-0.25, -0.2) is 13.4 Å². The maximum atomic E-state index is 12.5. The number of thiazole rings is 1. The quantitative estimate of drug-likeness (QED) is 0.465. The Labute approximate surface area is 179 Å². The van der Waals surface area contributed by atoms with Crippen LogP contribution in [0.25, 0.3) is 20.8 Å². The van der Waals surface area contributed by atoms with Crippen molar-refractivity contribution in [1.29, 1.82) is 0 Å². The number of hydrogen-bond acceptors (Lipinski definition) is 5. The van der Waals surface area contributed by atoms with Crippen LogP contribution in [-0.4, -0.2) is 25.1 Å². The molecule has 7 heteroatoms. The minimum absolute atomic E-state index is 0.0534. The molecule has 4 rings (SSSR count). The van der Waals surface area contributed by atoms with Gasteiger partial charge in [-0.1, -0.05) is 43.3 Å². The third-order valence-corrected chi connectivity index (χ3v) is 7.55. The van der Waals surface area contributed by atoms with Crippen LogP contribution in [0.5, 0.6) is 0 Å². The first kappa shape index (κ1) is 20.3. The fourth-order valence-corrected chi connectivity index (χ4v) is 4.94. The summed E-state index contributed by atoms with van der Waals surface area (Å²) in [6.07, 6.45) is 0.165. The third-order valence-electron chi connectivity index (χ3n) is 4.71. The van der Waals surface area contributed by atoms with Crippen LogP contribution in [0.2, 0.25) is 0 Å². The summed E-state index contributed by atoms with van der Waals surface area (Å²) in [5.41, 5.74) is 3.36. The van der Waals surface area contributed by atoms with E-state index in [4.69, 9.17) is 0 Å². The summed E-state index contributed by atoms with van der Waals surface area (Å²) in [4.78, 5) is 17.4. The van der Waals surface area contributed by atoms with E-state index in [1.165, 1.54) is 0 Å². The molecular formula is C23H20N2O3S2. The Hall–Kier alpha value is -3.03. The van der Waals surface area contributed by atoms with Crippen LogP contribution in [0.15, 0.2) is 77.7 Å². The molecule has 0 aliphatic rings. The molecule has 30 heavy (non-hydrogen) atoms. The zero-order chi connectivity index (χ0) is 21.1. The van der Waals surface area contributed by atoms with Crippen molar-refractivity contribution >= 4 is 43.0 Å². The monoisotopic (exact) mass is 436 g/mol. The molecule has 0 atom stereocenters. The normalized spacial score (nSPS) is 11.5. The number of fused-ring (bicyclic) bond motifs is 1. The molecule has 0 unspecified atom stereocenters. The number of amides is 1. The molecule has 1 aromatic heterocycles. The largest absolute Gasteiger partial charge is 0.326 e. The lowest BCUT2D eigenvalue weighted by atomic mass is 10.1. The number of hydrogen-bond donors (Lipinski definition) is 1. The van der Waals surface area contributed by atoms with E-state index in [1.807, 2.05) is 48.5 Å². The second-order valence-corrected chi connectivity index (χ2v) is 10.1. The molecular weight excluding hydrogens is 416 g/mol. The number of aromatic nitrogens is 1. The Balaban J connectivity index is 1.47. The molecule has 3 aromatic carbocycles. The van der Waals surface area contributed by atoms with Gasteiger partial charge in [0.1, 0.15) is 5.01 Å².